The summed E-state index contributed by atoms with van der Waals surface area (Å²) < 4.78 is 0. The first kappa shape index (κ1) is 17.9. The summed E-state index contributed by atoms with van der Waals surface area (Å²) in [5, 5.41) is 15.8. The van der Waals surface area contributed by atoms with Gasteiger partial charge in [-0.25, -0.2) is 0 Å². The van der Waals surface area contributed by atoms with Crippen molar-refractivity contribution in [3.63, 3.8) is 0 Å². The zero-order chi connectivity index (χ0) is 19.1. The lowest BCUT2D eigenvalue weighted by molar-refractivity contribution is -0.131. The summed E-state index contributed by atoms with van der Waals surface area (Å²) in [7, 11) is 0. The Bertz CT molecular complexity index is 967. The first-order chi connectivity index (χ1) is 13.1. The Morgan fingerprint density at radius 1 is 0.741 bits per heavy atom. The number of anilines is 3. The van der Waals surface area contributed by atoms with Crippen LogP contribution in [0, 0.1) is 0 Å². The van der Waals surface area contributed by atoms with Gasteiger partial charge in [0.1, 0.15) is 5.76 Å². The van der Waals surface area contributed by atoms with Crippen molar-refractivity contribution in [1.29, 1.82) is 0 Å². The van der Waals surface area contributed by atoms with Crippen LogP contribution in [0.15, 0.2) is 91.0 Å². The normalized spacial score (nSPS) is 10.9. The molecule has 0 aliphatic carbocycles. The number of ketones is 1. The summed E-state index contributed by atoms with van der Waals surface area (Å²) in [6, 6.07) is 25.1. The van der Waals surface area contributed by atoms with Gasteiger partial charge in [-0.1, -0.05) is 60.7 Å². The molecular formula is C22H18N2O3. The SMILES string of the molecule is O=C(C=C(O)c1ccccc1)C(=O)Nc1ccccc1Nc1ccccc1. The predicted octanol–water partition coefficient (Wildman–Crippen LogP) is 4.54. The highest BCUT2D eigenvalue weighted by Gasteiger charge is 2.15. The molecule has 0 bridgehead atoms. The van der Waals surface area contributed by atoms with Crippen LogP contribution in [0.25, 0.3) is 5.76 Å². The van der Waals surface area contributed by atoms with Gasteiger partial charge < -0.3 is 15.7 Å². The second kappa shape index (κ2) is 8.49. The quantitative estimate of drug-likeness (QED) is 0.343. The molecule has 0 heterocycles. The van der Waals surface area contributed by atoms with Crippen molar-refractivity contribution in [2.45, 2.75) is 0 Å². The lowest BCUT2D eigenvalue weighted by Crippen LogP contribution is -2.21. The molecule has 3 rings (SSSR count). The van der Waals surface area contributed by atoms with Crippen molar-refractivity contribution in [1.82, 2.24) is 0 Å². The zero-order valence-corrected chi connectivity index (χ0v) is 14.4. The van der Waals surface area contributed by atoms with E-state index in [0.717, 1.165) is 11.8 Å². The van der Waals surface area contributed by atoms with E-state index in [9.17, 15) is 14.7 Å². The van der Waals surface area contributed by atoms with E-state index in [0.29, 0.717) is 16.9 Å². The number of benzene rings is 3. The fraction of sp³-hybridized carbons (Fsp3) is 0. The van der Waals surface area contributed by atoms with Crippen LogP contribution in [-0.2, 0) is 9.59 Å². The predicted molar refractivity (Wildman–Crippen MR) is 107 cm³/mol. The van der Waals surface area contributed by atoms with Crippen molar-refractivity contribution < 1.29 is 14.7 Å². The van der Waals surface area contributed by atoms with Crippen molar-refractivity contribution in [2.24, 2.45) is 0 Å². The molecule has 0 unspecified atom stereocenters. The molecule has 0 aliphatic heterocycles. The molecule has 0 aliphatic rings. The molecule has 0 atom stereocenters. The largest absolute Gasteiger partial charge is 0.507 e. The topological polar surface area (TPSA) is 78.4 Å². The summed E-state index contributed by atoms with van der Waals surface area (Å²) in [4.78, 5) is 24.4. The summed E-state index contributed by atoms with van der Waals surface area (Å²) in [6.07, 6.45) is 0.915. The molecule has 0 saturated heterocycles. The Kier molecular flexibility index (Phi) is 5.64. The average Bonchev–Trinajstić information content (AvgIpc) is 2.71. The molecule has 0 aromatic heterocycles. The molecule has 1 amide bonds. The number of aliphatic hydroxyl groups excluding tert-OH is 1. The second-order valence-electron chi connectivity index (χ2n) is 5.75. The van der Waals surface area contributed by atoms with Gasteiger partial charge in [0, 0.05) is 17.3 Å². The molecular weight excluding hydrogens is 340 g/mol. The molecule has 5 heteroatoms. The molecule has 3 aromatic rings. The van der Waals surface area contributed by atoms with Crippen molar-refractivity contribution >= 4 is 34.5 Å². The number of para-hydroxylation sites is 3. The Morgan fingerprint density at radius 3 is 1.96 bits per heavy atom. The number of carbonyl (C=O) groups excluding carboxylic acids is 2. The number of hydrogen-bond acceptors (Lipinski definition) is 4. The lowest BCUT2D eigenvalue weighted by Gasteiger charge is -2.12. The highest BCUT2D eigenvalue weighted by molar-refractivity contribution is 6.45. The molecule has 134 valence electrons. The molecule has 5 nitrogen and oxygen atoms in total. The smallest absolute Gasteiger partial charge is 0.296 e. The van der Waals surface area contributed by atoms with Crippen LogP contribution < -0.4 is 10.6 Å². The number of rotatable bonds is 6. The second-order valence-corrected chi connectivity index (χ2v) is 5.75. The zero-order valence-electron chi connectivity index (χ0n) is 14.4. The number of carbonyl (C=O) groups is 2. The van der Waals surface area contributed by atoms with E-state index in [-0.39, 0.29) is 5.76 Å². The third-order valence-electron chi connectivity index (χ3n) is 3.79. The van der Waals surface area contributed by atoms with Crippen molar-refractivity contribution in [3.05, 3.63) is 96.6 Å². The van der Waals surface area contributed by atoms with Crippen molar-refractivity contribution in [2.75, 3.05) is 10.6 Å². The molecule has 0 radical (unpaired) electrons. The van der Waals surface area contributed by atoms with E-state index in [4.69, 9.17) is 0 Å². The van der Waals surface area contributed by atoms with Crippen LogP contribution in [0.5, 0.6) is 0 Å². The number of nitrogens with one attached hydrogen (secondary N) is 2. The maximum absolute atomic E-state index is 12.2. The Balaban J connectivity index is 1.73. The lowest BCUT2D eigenvalue weighted by atomic mass is 10.1. The summed E-state index contributed by atoms with van der Waals surface area (Å²) in [5.74, 6) is -1.93. The molecule has 3 N–H and O–H groups in total. The third kappa shape index (κ3) is 4.83. The molecule has 27 heavy (non-hydrogen) atoms. The number of aliphatic hydroxyl groups is 1. The van der Waals surface area contributed by atoms with Gasteiger partial charge >= 0.3 is 0 Å². The minimum absolute atomic E-state index is 0.258. The van der Waals surface area contributed by atoms with Crippen LogP contribution >= 0.6 is 0 Å². The Morgan fingerprint density at radius 2 is 1.30 bits per heavy atom. The van der Waals surface area contributed by atoms with Gasteiger partial charge in [-0.05, 0) is 24.3 Å². The minimum atomic E-state index is -0.842. The fourth-order valence-corrected chi connectivity index (χ4v) is 2.44. The van der Waals surface area contributed by atoms with Crippen LogP contribution in [0.2, 0.25) is 0 Å². The summed E-state index contributed by atoms with van der Waals surface area (Å²) >= 11 is 0. The highest BCUT2D eigenvalue weighted by atomic mass is 16.3. The van der Waals surface area contributed by atoms with E-state index < -0.39 is 11.7 Å². The highest BCUT2D eigenvalue weighted by Crippen LogP contribution is 2.25. The standard InChI is InChI=1S/C22H18N2O3/c25-20(16-9-3-1-4-10-16)15-21(26)22(27)24-19-14-8-7-13-18(19)23-17-11-5-2-6-12-17/h1-15,23,25H,(H,24,27). The van der Waals surface area contributed by atoms with E-state index in [1.54, 1.807) is 48.5 Å². The maximum Gasteiger partial charge on any atom is 0.296 e. The van der Waals surface area contributed by atoms with Crippen LogP contribution in [0.3, 0.4) is 0 Å². The van der Waals surface area contributed by atoms with E-state index >= 15 is 0 Å². The van der Waals surface area contributed by atoms with E-state index in [1.807, 2.05) is 36.4 Å². The van der Waals surface area contributed by atoms with Crippen LogP contribution in [0.1, 0.15) is 5.56 Å². The first-order valence-electron chi connectivity index (χ1n) is 8.36. The maximum atomic E-state index is 12.2. The van der Waals surface area contributed by atoms with Gasteiger partial charge in [0.25, 0.3) is 5.91 Å². The van der Waals surface area contributed by atoms with E-state index in [1.165, 1.54) is 0 Å². The van der Waals surface area contributed by atoms with Gasteiger partial charge in [-0.3, -0.25) is 9.59 Å². The van der Waals surface area contributed by atoms with Gasteiger partial charge in [0.15, 0.2) is 0 Å². The fourth-order valence-electron chi connectivity index (χ4n) is 2.44. The van der Waals surface area contributed by atoms with Gasteiger partial charge in [-0.2, -0.15) is 0 Å². The number of amides is 1. The van der Waals surface area contributed by atoms with E-state index in [2.05, 4.69) is 10.6 Å². The van der Waals surface area contributed by atoms with Crippen LogP contribution in [-0.4, -0.2) is 16.8 Å². The molecule has 0 spiro atoms. The van der Waals surface area contributed by atoms with Gasteiger partial charge in [0.05, 0.1) is 11.4 Å². The third-order valence-corrected chi connectivity index (χ3v) is 3.79. The first-order valence-corrected chi connectivity index (χ1v) is 8.36. The molecule has 0 saturated carbocycles. The number of hydrogen-bond donors (Lipinski definition) is 3. The molecule has 0 fully saturated rings. The summed E-state index contributed by atoms with van der Waals surface area (Å²) in [5.41, 5.74) is 2.44. The summed E-state index contributed by atoms with van der Waals surface area (Å²) in [6.45, 7) is 0. The monoisotopic (exact) mass is 358 g/mol. The minimum Gasteiger partial charge on any atom is -0.507 e. The van der Waals surface area contributed by atoms with Crippen LogP contribution in [0.4, 0.5) is 17.1 Å². The van der Waals surface area contributed by atoms with Crippen molar-refractivity contribution in [3.8, 4) is 0 Å². The Hall–Kier alpha value is -3.86. The average molecular weight is 358 g/mol. The Labute approximate surface area is 157 Å². The van der Waals surface area contributed by atoms with Gasteiger partial charge in [0.2, 0.25) is 5.78 Å². The molecule has 3 aromatic carbocycles. The van der Waals surface area contributed by atoms with Gasteiger partial charge in [-0.15, -0.1) is 0 Å².